The van der Waals surface area contributed by atoms with Crippen molar-refractivity contribution in [3.63, 3.8) is 0 Å². The van der Waals surface area contributed by atoms with Crippen molar-refractivity contribution < 1.29 is 14.3 Å². The molecule has 1 aliphatic carbocycles. The van der Waals surface area contributed by atoms with E-state index in [9.17, 15) is 4.79 Å². The molecular weight excluding hydrogens is 242 g/mol. The summed E-state index contributed by atoms with van der Waals surface area (Å²) in [6.07, 6.45) is 2.85. The Morgan fingerprint density at radius 3 is 3.00 bits per heavy atom. The molecular formula is C15H19NO3. The first-order valence-corrected chi connectivity index (χ1v) is 6.92. The van der Waals surface area contributed by atoms with Crippen molar-refractivity contribution in [2.45, 2.75) is 31.4 Å². The molecule has 1 saturated heterocycles. The lowest BCUT2D eigenvalue weighted by molar-refractivity contribution is -0.124. The first kappa shape index (κ1) is 12.5. The molecule has 0 unspecified atom stereocenters. The molecule has 4 heteroatoms. The molecule has 2 fully saturated rings. The fraction of sp³-hybridized carbons (Fsp3) is 0.533. The number of carbonyl (C=O) groups excluding carboxylic acids is 1. The maximum atomic E-state index is 11.8. The van der Waals surface area contributed by atoms with Crippen LogP contribution in [0, 0.1) is 5.92 Å². The summed E-state index contributed by atoms with van der Waals surface area (Å²) < 4.78 is 11.0. The standard InChI is InChI=1S/C15H19NO3/c17-15(7-9-18-11-4-2-1-3-5-11)16-13-10-14-12(13)6-8-19-14/h1-5,12-14H,6-10H2,(H,16,17)/t12-,13+,14+/m1/s1. The third-order valence-electron chi connectivity index (χ3n) is 3.95. The zero-order chi connectivity index (χ0) is 13.1. The molecule has 3 rings (SSSR count). The molecule has 1 aromatic carbocycles. The van der Waals surface area contributed by atoms with Crippen LogP contribution in [0.4, 0.5) is 0 Å². The lowest BCUT2D eigenvalue weighted by Gasteiger charge is -2.39. The number of ether oxygens (including phenoxy) is 2. The number of carbonyl (C=O) groups is 1. The van der Waals surface area contributed by atoms with Crippen molar-refractivity contribution in [1.82, 2.24) is 5.32 Å². The van der Waals surface area contributed by atoms with E-state index in [1.165, 1.54) is 0 Å². The Labute approximate surface area is 113 Å². The maximum Gasteiger partial charge on any atom is 0.223 e. The van der Waals surface area contributed by atoms with Crippen LogP contribution in [-0.2, 0) is 9.53 Å². The molecule has 0 bridgehead atoms. The van der Waals surface area contributed by atoms with Gasteiger partial charge in [0.05, 0.1) is 19.1 Å². The zero-order valence-corrected chi connectivity index (χ0v) is 10.9. The van der Waals surface area contributed by atoms with E-state index in [0.29, 0.717) is 31.1 Å². The third-order valence-corrected chi connectivity index (χ3v) is 3.95. The second kappa shape index (κ2) is 5.61. The van der Waals surface area contributed by atoms with Crippen molar-refractivity contribution in [1.29, 1.82) is 0 Å². The Bertz CT molecular complexity index is 434. The molecule has 3 atom stereocenters. The number of para-hydroxylation sites is 1. The van der Waals surface area contributed by atoms with E-state index in [1.54, 1.807) is 0 Å². The number of hydrogen-bond acceptors (Lipinski definition) is 3. The fourth-order valence-corrected chi connectivity index (χ4v) is 2.82. The first-order chi connectivity index (χ1) is 9.33. The molecule has 1 aliphatic heterocycles. The molecule has 1 N–H and O–H groups in total. The van der Waals surface area contributed by atoms with Gasteiger partial charge >= 0.3 is 0 Å². The highest BCUT2D eigenvalue weighted by molar-refractivity contribution is 5.76. The zero-order valence-electron chi connectivity index (χ0n) is 10.9. The molecule has 19 heavy (non-hydrogen) atoms. The fourth-order valence-electron chi connectivity index (χ4n) is 2.82. The highest BCUT2D eigenvalue weighted by Crippen LogP contribution is 2.38. The van der Waals surface area contributed by atoms with Crippen LogP contribution in [0.25, 0.3) is 0 Å². The second-order valence-corrected chi connectivity index (χ2v) is 5.18. The largest absolute Gasteiger partial charge is 0.493 e. The van der Waals surface area contributed by atoms with Crippen molar-refractivity contribution in [3.8, 4) is 5.75 Å². The van der Waals surface area contributed by atoms with Gasteiger partial charge in [-0.05, 0) is 25.0 Å². The highest BCUT2D eigenvalue weighted by Gasteiger charge is 2.45. The average molecular weight is 261 g/mol. The van der Waals surface area contributed by atoms with E-state index in [1.807, 2.05) is 30.3 Å². The monoisotopic (exact) mass is 261 g/mol. The molecule has 1 aromatic rings. The number of benzene rings is 1. The topological polar surface area (TPSA) is 47.6 Å². The number of amides is 1. The molecule has 0 spiro atoms. The molecule has 102 valence electrons. The molecule has 4 nitrogen and oxygen atoms in total. The smallest absolute Gasteiger partial charge is 0.223 e. The number of hydrogen-bond donors (Lipinski definition) is 1. The van der Waals surface area contributed by atoms with Crippen LogP contribution in [0.5, 0.6) is 5.75 Å². The van der Waals surface area contributed by atoms with E-state index in [0.717, 1.165) is 25.2 Å². The molecule has 0 radical (unpaired) electrons. The van der Waals surface area contributed by atoms with Gasteiger partial charge in [-0.15, -0.1) is 0 Å². The van der Waals surface area contributed by atoms with Crippen molar-refractivity contribution >= 4 is 5.91 Å². The predicted octanol–water partition coefficient (Wildman–Crippen LogP) is 1.75. The van der Waals surface area contributed by atoms with Crippen LogP contribution in [0.15, 0.2) is 30.3 Å². The maximum absolute atomic E-state index is 11.8. The quantitative estimate of drug-likeness (QED) is 0.878. The van der Waals surface area contributed by atoms with Gasteiger partial charge in [0.15, 0.2) is 0 Å². The number of fused-ring (bicyclic) bond motifs is 1. The van der Waals surface area contributed by atoms with Gasteiger partial charge in [0.1, 0.15) is 5.75 Å². The Morgan fingerprint density at radius 1 is 1.37 bits per heavy atom. The van der Waals surface area contributed by atoms with Crippen LogP contribution >= 0.6 is 0 Å². The second-order valence-electron chi connectivity index (χ2n) is 5.18. The summed E-state index contributed by atoms with van der Waals surface area (Å²) in [4.78, 5) is 11.8. The molecule has 1 heterocycles. The summed E-state index contributed by atoms with van der Waals surface area (Å²) in [6.45, 7) is 1.27. The Hall–Kier alpha value is -1.55. The van der Waals surface area contributed by atoms with Crippen LogP contribution in [0.3, 0.4) is 0 Å². The highest BCUT2D eigenvalue weighted by atomic mass is 16.5. The Balaban J connectivity index is 1.36. The Morgan fingerprint density at radius 2 is 2.21 bits per heavy atom. The van der Waals surface area contributed by atoms with Gasteiger partial charge in [0.2, 0.25) is 5.91 Å². The minimum absolute atomic E-state index is 0.0753. The van der Waals surface area contributed by atoms with Crippen LogP contribution in [-0.4, -0.2) is 31.3 Å². The summed E-state index contributed by atoms with van der Waals surface area (Å²) in [7, 11) is 0. The molecule has 2 aliphatic rings. The summed E-state index contributed by atoms with van der Waals surface area (Å²) in [5.41, 5.74) is 0. The minimum atomic E-state index is 0.0753. The molecule has 0 aromatic heterocycles. The van der Waals surface area contributed by atoms with Crippen molar-refractivity contribution in [2.24, 2.45) is 5.92 Å². The predicted molar refractivity (Wildman–Crippen MR) is 70.9 cm³/mol. The minimum Gasteiger partial charge on any atom is -0.493 e. The van der Waals surface area contributed by atoms with Crippen LogP contribution in [0.1, 0.15) is 19.3 Å². The first-order valence-electron chi connectivity index (χ1n) is 6.92. The summed E-state index contributed by atoms with van der Waals surface area (Å²) in [5, 5.41) is 3.08. The lowest BCUT2D eigenvalue weighted by atomic mass is 9.76. The van der Waals surface area contributed by atoms with Gasteiger partial charge in [-0.2, -0.15) is 0 Å². The third kappa shape index (κ3) is 2.89. The van der Waals surface area contributed by atoms with Gasteiger partial charge in [-0.1, -0.05) is 18.2 Å². The van der Waals surface area contributed by atoms with Gasteiger partial charge < -0.3 is 14.8 Å². The van der Waals surface area contributed by atoms with E-state index in [4.69, 9.17) is 9.47 Å². The SMILES string of the molecule is O=C(CCOc1ccccc1)N[C@H]1C[C@@H]2OCC[C@H]12. The van der Waals surface area contributed by atoms with Crippen molar-refractivity contribution in [2.75, 3.05) is 13.2 Å². The van der Waals surface area contributed by atoms with Gasteiger partial charge in [-0.25, -0.2) is 0 Å². The Kier molecular flexibility index (Phi) is 3.69. The average Bonchev–Trinajstić information content (AvgIpc) is 2.79. The van der Waals surface area contributed by atoms with Crippen LogP contribution < -0.4 is 10.1 Å². The number of nitrogens with one attached hydrogen (secondary N) is 1. The summed E-state index contributed by atoms with van der Waals surface area (Å²) in [6, 6.07) is 9.88. The van der Waals surface area contributed by atoms with E-state index in [2.05, 4.69) is 5.32 Å². The van der Waals surface area contributed by atoms with E-state index in [-0.39, 0.29) is 5.91 Å². The molecule has 1 saturated carbocycles. The van der Waals surface area contributed by atoms with Crippen molar-refractivity contribution in [3.05, 3.63) is 30.3 Å². The van der Waals surface area contributed by atoms with Crippen LogP contribution in [0.2, 0.25) is 0 Å². The lowest BCUT2D eigenvalue weighted by Crippen LogP contribution is -2.53. The molecule has 1 amide bonds. The summed E-state index contributed by atoms with van der Waals surface area (Å²) in [5.74, 6) is 1.42. The number of rotatable bonds is 5. The van der Waals surface area contributed by atoms with Gasteiger partial charge in [0, 0.05) is 18.6 Å². The normalized spacial score (nSPS) is 28.3. The van der Waals surface area contributed by atoms with Gasteiger partial charge in [0.25, 0.3) is 0 Å². The van der Waals surface area contributed by atoms with Gasteiger partial charge in [-0.3, -0.25) is 4.79 Å². The van der Waals surface area contributed by atoms with E-state index < -0.39 is 0 Å². The summed E-state index contributed by atoms with van der Waals surface area (Å²) >= 11 is 0. The van der Waals surface area contributed by atoms with E-state index >= 15 is 0 Å².